The second kappa shape index (κ2) is 6.48. The molecular weight excluding hydrogens is 208 g/mol. The Morgan fingerprint density at radius 2 is 2.19 bits per heavy atom. The minimum atomic E-state index is -0.279. The van der Waals surface area contributed by atoms with E-state index >= 15 is 0 Å². The van der Waals surface area contributed by atoms with E-state index in [1.54, 1.807) is 6.92 Å². The molecule has 16 heavy (non-hydrogen) atoms. The van der Waals surface area contributed by atoms with E-state index in [0.717, 1.165) is 19.3 Å². The Morgan fingerprint density at radius 1 is 1.44 bits per heavy atom. The van der Waals surface area contributed by atoms with Crippen molar-refractivity contribution in [2.24, 2.45) is 11.7 Å². The van der Waals surface area contributed by atoms with E-state index in [1.165, 1.54) is 0 Å². The van der Waals surface area contributed by atoms with E-state index in [2.05, 4.69) is 5.32 Å². The van der Waals surface area contributed by atoms with Crippen molar-refractivity contribution >= 4 is 11.9 Å². The van der Waals surface area contributed by atoms with Crippen LogP contribution in [0, 0.1) is 5.92 Å². The second-order valence-corrected chi connectivity index (χ2v) is 4.05. The van der Waals surface area contributed by atoms with Gasteiger partial charge in [-0.25, -0.2) is 0 Å². The summed E-state index contributed by atoms with van der Waals surface area (Å²) < 4.78 is 4.76. The molecule has 1 aliphatic rings. The summed E-state index contributed by atoms with van der Waals surface area (Å²) in [5, 5.41) is 2.72. The summed E-state index contributed by atoms with van der Waals surface area (Å²) in [6.45, 7) is 2.47. The maximum absolute atomic E-state index is 11.7. The Morgan fingerprint density at radius 3 is 2.75 bits per heavy atom. The molecule has 1 saturated carbocycles. The third kappa shape index (κ3) is 3.81. The molecule has 0 heterocycles. The minimum absolute atomic E-state index is 0.0254. The fourth-order valence-corrected chi connectivity index (χ4v) is 1.97. The van der Waals surface area contributed by atoms with Gasteiger partial charge in [-0.1, -0.05) is 6.42 Å². The van der Waals surface area contributed by atoms with Crippen molar-refractivity contribution in [1.29, 1.82) is 0 Å². The van der Waals surface area contributed by atoms with Crippen molar-refractivity contribution < 1.29 is 14.3 Å². The van der Waals surface area contributed by atoms with Gasteiger partial charge in [0, 0.05) is 12.6 Å². The standard InChI is InChI=1S/C11H20N2O3/c1-2-16-10(14)6-7-13-11(15)8-4-3-5-9(8)12/h8-9H,2-7,12H2,1H3,(H,13,15). The summed E-state index contributed by atoms with van der Waals surface area (Å²) in [5.74, 6) is -0.394. The predicted molar refractivity (Wildman–Crippen MR) is 59.6 cm³/mol. The lowest BCUT2D eigenvalue weighted by molar-refractivity contribution is -0.143. The topological polar surface area (TPSA) is 81.4 Å². The average Bonchev–Trinajstić information content (AvgIpc) is 2.64. The summed E-state index contributed by atoms with van der Waals surface area (Å²) >= 11 is 0. The van der Waals surface area contributed by atoms with Crippen LogP contribution < -0.4 is 11.1 Å². The monoisotopic (exact) mass is 228 g/mol. The lowest BCUT2D eigenvalue weighted by atomic mass is 10.0. The zero-order valence-electron chi connectivity index (χ0n) is 9.70. The van der Waals surface area contributed by atoms with Crippen LogP contribution in [0.25, 0.3) is 0 Å². The van der Waals surface area contributed by atoms with Crippen LogP contribution in [0.15, 0.2) is 0 Å². The first-order chi connectivity index (χ1) is 7.65. The minimum Gasteiger partial charge on any atom is -0.466 e. The van der Waals surface area contributed by atoms with Crippen molar-refractivity contribution in [3.05, 3.63) is 0 Å². The SMILES string of the molecule is CCOC(=O)CCNC(=O)C1CCCC1N. The van der Waals surface area contributed by atoms with Crippen LogP contribution in [-0.2, 0) is 14.3 Å². The highest BCUT2D eigenvalue weighted by Crippen LogP contribution is 2.23. The molecule has 3 N–H and O–H groups in total. The maximum Gasteiger partial charge on any atom is 0.307 e. The summed E-state index contributed by atoms with van der Waals surface area (Å²) in [4.78, 5) is 22.7. The van der Waals surface area contributed by atoms with Gasteiger partial charge in [-0.2, -0.15) is 0 Å². The quantitative estimate of drug-likeness (QED) is 0.658. The van der Waals surface area contributed by atoms with E-state index < -0.39 is 0 Å². The molecule has 1 amide bonds. The lowest BCUT2D eigenvalue weighted by Crippen LogP contribution is -2.39. The second-order valence-electron chi connectivity index (χ2n) is 4.05. The number of nitrogens with two attached hydrogens (primary N) is 1. The summed E-state index contributed by atoms with van der Waals surface area (Å²) in [6, 6.07) is -0.0254. The first kappa shape index (κ1) is 13.0. The number of hydrogen-bond acceptors (Lipinski definition) is 4. The number of esters is 1. The number of amides is 1. The summed E-state index contributed by atoms with van der Waals surface area (Å²) in [6.07, 6.45) is 3.00. The fourth-order valence-electron chi connectivity index (χ4n) is 1.97. The normalized spacial score (nSPS) is 24.1. The van der Waals surface area contributed by atoms with Crippen LogP contribution >= 0.6 is 0 Å². The first-order valence-corrected chi connectivity index (χ1v) is 5.84. The van der Waals surface area contributed by atoms with Crippen LogP contribution in [0.5, 0.6) is 0 Å². The molecule has 92 valence electrons. The number of hydrogen-bond donors (Lipinski definition) is 2. The third-order valence-electron chi connectivity index (χ3n) is 2.84. The molecule has 0 spiro atoms. The van der Waals surface area contributed by atoms with Crippen molar-refractivity contribution in [2.45, 2.75) is 38.6 Å². The highest BCUT2D eigenvalue weighted by Gasteiger charge is 2.29. The molecule has 5 heteroatoms. The Labute approximate surface area is 95.7 Å². The number of carbonyl (C=O) groups is 2. The van der Waals surface area contributed by atoms with Gasteiger partial charge in [-0.05, 0) is 19.8 Å². The van der Waals surface area contributed by atoms with Crippen LogP contribution in [0.2, 0.25) is 0 Å². The van der Waals surface area contributed by atoms with E-state index in [-0.39, 0.29) is 30.3 Å². The smallest absolute Gasteiger partial charge is 0.307 e. The van der Waals surface area contributed by atoms with E-state index in [4.69, 9.17) is 10.5 Å². The number of ether oxygens (including phenoxy) is 1. The van der Waals surface area contributed by atoms with Gasteiger partial charge < -0.3 is 15.8 Å². The van der Waals surface area contributed by atoms with Crippen LogP contribution in [0.3, 0.4) is 0 Å². The molecule has 0 aromatic carbocycles. The molecule has 0 aliphatic heterocycles. The van der Waals surface area contributed by atoms with Gasteiger partial charge in [-0.3, -0.25) is 9.59 Å². The fraction of sp³-hybridized carbons (Fsp3) is 0.818. The number of rotatable bonds is 5. The zero-order chi connectivity index (χ0) is 12.0. The van der Waals surface area contributed by atoms with E-state index in [1.807, 2.05) is 0 Å². The van der Waals surface area contributed by atoms with Crippen molar-refractivity contribution in [3.63, 3.8) is 0 Å². The largest absolute Gasteiger partial charge is 0.466 e. The van der Waals surface area contributed by atoms with Gasteiger partial charge in [0.1, 0.15) is 0 Å². The molecule has 2 unspecified atom stereocenters. The average molecular weight is 228 g/mol. The zero-order valence-corrected chi connectivity index (χ0v) is 9.70. The Hall–Kier alpha value is -1.10. The van der Waals surface area contributed by atoms with Gasteiger partial charge >= 0.3 is 5.97 Å². The van der Waals surface area contributed by atoms with E-state index in [0.29, 0.717) is 13.2 Å². The van der Waals surface area contributed by atoms with Gasteiger partial charge in [0.25, 0.3) is 0 Å². The first-order valence-electron chi connectivity index (χ1n) is 5.84. The van der Waals surface area contributed by atoms with Gasteiger partial charge in [0.05, 0.1) is 18.9 Å². The Kier molecular flexibility index (Phi) is 5.25. The molecule has 2 atom stereocenters. The molecule has 1 rings (SSSR count). The summed E-state index contributed by atoms with van der Waals surface area (Å²) in [5.41, 5.74) is 5.81. The van der Waals surface area contributed by atoms with Crippen LogP contribution in [0.1, 0.15) is 32.6 Å². The lowest BCUT2D eigenvalue weighted by Gasteiger charge is -2.14. The van der Waals surface area contributed by atoms with Crippen LogP contribution in [-0.4, -0.2) is 31.1 Å². The Bertz CT molecular complexity index is 256. The molecule has 0 aromatic heterocycles. The molecule has 1 fully saturated rings. The highest BCUT2D eigenvalue weighted by atomic mass is 16.5. The molecule has 1 aliphatic carbocycles. The molecule has 5 nitrogen and oxygen atoms in total. The molecular formula is C11H20N2O3. The van der Waals surface area contributed by atoms with Crippen molar-refractivity contribution in [2.75, 3.05) is 13.2 Å². The number of nitrogens with one attached hydrogen (secondary N) is 1. The Balaban J connectivity index is 2.17. The molecule has 0 aromatic rings. The van der Waals surface area contributed by atoms with Gasteiger partial charge in [0.2, 0.25) is 5.91 Å². The van der Waals surface area contributed by atoms with Crippen molar-refractivity contribution in [3.8, 4) is 0 Å². The van der Waals surface area contributed by atoms with Crippen molar-refractivity contribution in [1.82, 2.24) is 5.32 Å². The highest BCUT2D eigenvalue weighted by molar-refractivity contribution is 5.80. The maximum atomic E-state index is 11.7. The molecule has 0 bridgehead atoms. The molecule has 0 saturated heterocycles. The van der Waals surface area contributed by atoms with Gasteiger partial charge in [0.15, 0.2) is 0 Å². The predicted octanol–water partition coefficient (Wildman–Crippen LogP) is 0.183. The molecule has 0 radical (unpaired) electrons. The van der Waals surface area contributed by atoms with E-state index in [9.17, 15) is 9.59 Å². The van der Waals surface area contributed by atoms with Gasteiger partial charge in [-0.15, -0.1) is 0 Å². The third-order valence-corrected chi connectivity index (χ3v) is 2.84. The number of carbonyl (C=O) groups excluding carboxylic acids is 2. The van der Waals surface area contributed by atoms with Crippen LogP contribution in [0.4, 0.5) is 0 Å². The summed E-state index contributed by atoms with van der Waals surface area (Å²) in [7, 11) is 0.